The van der Waals surface area contributed by atoms with Crippen molar-refractivity contribution in [2.24, 2.45) is 0 Å². The molecular weight excluding hydrogens is 438 g/mol. The maximum Gasteiger partial charge on any atom is 0.345 e. The van der Waals surface area contributed by atoms with Crippen LogP contribution in [-0.4, -0.2) is 31.1 Å². The zero-order valence-electron chi connectivity index (χ0n) is 16.1. The second kappa shape index (κ2) is 8.66. The minimum atomic E-state index is -0.568. The molecule has 31 heavy (non-hydrogen) atoms. The molecule has 0 bridgehead atoms. The number of carbonyl (C=O) groups excluding carboxylic acids is 1. The Morgan fingerprint density at radius 1 is 1.23 bits per heavy atom. The van der Waals surface area contributed by atoms with Crippen molar-refractivity contribution in [1.29, 1.82) is 0 Å². The molecule has 0 unspecified atom stereocenters. The number of anilines is 1. The molecule has 0 saturated carbocycles. The average molecular weight is 454 g/mol. The van der Waals surface area contributed by atoms with Crippen molar-refractivity contribution in [3.8, 4) is 5.69 Å². The van der Waals surface area contributed by atoms with E-state index >= 15 is 0 Å². The van der Waals surface area contributed by atoms with Crippen LogP contribution in [0.25, 0.3) is 16.6 Å². The number of nitro groups is 1. The minimum absolute atomic E-state index is 0.0516. The molecule has 4 aromatic rings. The van der Waals surface area contributed by atoms with Crippen LogP contribution in [0.3, 0.4) is 0 Å². The van der Waals surface area contributed by atoms with Crippen LogP contribution in [0.4, 0.5) is 10.1 Å². The number of hydrogen-bond donors (Lipinski definition) is 1. The number of nitrogens with zero attached hydrogens (tertiary/aromatic N) is 4. The number of aromatic nitrogens is 3. The van der Waals surface area contributed by atoms with E-state index in [1.54, 1.807) is 24.3 Å². The standard InChI is InChI=1S/C20H15N5O4S2/c1-12-6-8-13(9-7-12)24-18(27)14-4-2-3-5-15(14)22-20(24)30-11-16(26)23-19-21-10-17(31-19)25(28)29/h2-10H,11H2,1H3,(H,21,23,26). The van der Waals surface area contributed by atoms with E-state index in [2.05, 4.69) is 15.3 Å². The summed E-state index contributed by atoms with van der Waals surface area (Å²) in [5.74, 6) is -0.462. The molecule has 0 radical (unpaired) electrons. The maximum absolute atomic E-state index is 13.2. The van der Waals surface area contributed by atoms with Crippen molar-refractivity contribution in [3.63, 3.8) is 0 Å². The monoisotopic (exact) mass is 453 g/mol. The molecular formula is C20H15N5O4S2. The lowest BCUT2D eigenvalue weighted by atomic mass is 10.2. The van der Waals surface area contributed by atoms with Gasteiger partial charge >= 0.3 is 5.00 Å². The van der Waals surface area contributed by atoms with Gasteiger partial charge in [-0.25, -0.2) is 9.97 Å². The Labute approximate surface area is 183 Å². The Morgan fingerprint density at radius 3 is 2.68 bits per heavy atom. The molecule has 0 aliphatic heterocycles. The van der Waals surface area contributed by atoms with Gasteiger partial charge in [0.25, 0.3) is 5.56 Å². The summed E-state index contributed by atoms with van der Waals surface area (Å²) in [7, 11) is 0. The molecule has 1 amide bonds. The number of amides is 1. The summed E-state index contributed by atoms with van der Waals surface area (Å²) < 4.78 is 1.48. The fourth-order valence-corrected chi connectivity index (χ4v) is 4.28. The Hall–Kier alpha value is -3.57. The Morgan fingerprint density at radius 2 is 1.97 bits per heavy atom. The third-order valence-electron chi connectivity index (χ3n) is 4.29. The third kappa shape index (κ3) is 4.47. The van der Waals surface area contributed by atoms with Crippen molar-refractivity contribution in [1.82, 2.24) is 14.5 Å². The van der Waals surface area contributed by atoms with E-state index < -0.39 is 10.8 Å². The van der Waals surface area contributed by atoms with Gasteiger partial charge in [-0.3, -0.25) is 24.3 Å². The quantitative estimate of drug-likeness (QED) is 0.204. The lowest BCUT2D eigenvalue weighted by Crippen LogP contribution is -2.23. The molecule has 4 rings (SSSR count). The van der Waals surface area contributed by atoms with Gasteiger partial charge in [-0.15, -0.1) is 0 Å². The van der Waals surface area contributed by atoms with Crippen LogP contribution in [0, 0.1) is 17.0 Å². The molecule has 0 saturated heterocycles. The first-order valence-electron chi connectivity index (χ1n) is 9.04. The number of aryl methyl sites for hydroxylation is 1. The molecule has 1 N–H and O–H groups in total. The number of thiazole rings is 1. The zero-order chi connectivity index (χ0) is 22.0. The van der Waals surface area contributed by atoms with Gasteiger partial charge in [0.2, 0.25) is 5.91 Å². The summed E-state index contributed by atoms with van der Waals surface area (Å²) in [5.41, 5.74) is 2.01. The highest BCUT2D eigenvalue weighted by molar-refractivity contribution is 7.99. The number of benzene rings is 2. The number of fused-ring (bicyclic) bond motifs is 1. The molecule has 0 aliphatic carbocycles. The topological polar surface area (TPSA) is 120 Å². The number of rotatable bonds is 6. The molecule has 0 fully saturated rings. The van der Waals surface area contributed by atoms with Gasteiger partial charge in [0.05, 0.1) is 27.3 Å². The van der Waals surface area contributed by atoms with E-state index in [1.807, 2.05) is 31.2 Å². The van der Waals surface area contributed by atoms with Crippen molar-refractivity contribution in [2.75, 3.05) is 11.1 Å². The minimum Gasteiger partial charge on any atom is -0.301 e. The third-order valence-corrected chi connectivity index (χ3v) is 6.09. The average Bonchev–Trinajstić information content (AvgIpc) is 3.22. The summed E-state index contributed by atoms with van der Waals surface area (Å²) in [4.78, 5) is 44.1. The van der Waals surface area contributed by atoms with Crippen LogP contribution < -0.4 is 10.9 Å². The van der Waals surface area contributed by atoms with Gasteiger partial charge in [-0.1, -0.05) is 41.6 Å². The van der Waals surface area contributed by atoms with Crippen LogP contribution in [0.2, 0.25) is 0 Å². The van der Waals surface area contributed by atoms with Crippen LogP contribution in [-0.2, 0) is 4.79 Å². The molecule has 0 aliphatic rings. The predicted molar refractivity (Wildman–Crippen MR) is 120 cm³/mol. The van der Waals surface area contributed by atoms with Crippen LogP contribution in [0.1, 0.15) is 5.56 Å². The van der Waals surface area contributed by atoms with Crippen molar-refractivity contribution >= 4 is 50.0 Å². The van der Waals surface area contributed by atoms with E-state index in [0.717, 1.165) is 34.9 Å². The first-order chi connectivity index (χ1) is 14.9. The van der Waals surface area contributed by atoms with Crippen LogP contribution in [0.5, 0.6) is 0 Å². The fraction of sp³-hybridized carbons (Fsp3) is 0.100. The van der Waals surface area contributed by atoms with E-state index in [-0.39, 0.29) is 21.4 Å². The smallest absolute Gasteiger partial charge is 0.301 e. The molecule has 11 heteroatoms. The van der Waals surface area contributed by atoms with E-state index in [0.29, 0.717) is 21.7 Å². The zero-order valence-corrected chi connectivity index (χ0v) is 17.8. The van der Waals surface area contributed by atoms with Gasteiger partial charge in [0.1, 0.15) is 6.20 Å². The van der Waals surface area contributed by atoms with Gasteiger partial charge in [0.15, 0.2) is 10.3 Å². The first kappa shape index (κ1) is 20.7. The second-order valence-electron chi connectivity index (χ2n) is 6.49. The lowest BCUT2D eigenvalue weighted by molar-refractivity contribution is -0.380. The van der Waals surface area contributed by atoms with E-state index in [9.17, 15) is 19.7 Å². The Bertz CT molecular complexity index is 1350. The molecule has 156 valence electrons. The summed E-state index contributed by atoms with van der Waals surface area (Å²) in [5, 5.41) is 14.1. The number of carbonyl (C=O) groups is 1. The van der Waals surface area contributed by atoms with Crippen LogP contribution in [0.15, 0.2) is 64.7 Å². The molecule has 0 spiro atoms. The first-order valence-corrected chi connectivity index (χ1v) is 10.8. The number of para-hydroxylation sites is 1. The molecule has 0 atom stereocenters. The normalized spacial score (nSPS) is 10.9. The highest BCUT2D eigenvalue weighted by atomic mass is 32.2. The SMILES string of the molecule is Cc1ccc(-n2c(SCC(=O)Nc3ncc([N+](=O)[O-])s3)nc3ccccc3c2=O)cc1. The van der Waals surface area contributed by atoms with Crippen molar-refractivity contribution in [2.45, 2.75) is 12.1 Å². The second-order valence-corrected chi connectivity index (χ2v) is 8.44. The predicted octanol–water partition coefficient (Wildman–Crippen LogP) is 3.79. The number of hydrogen-bond acceptors (Lipinski definition) is 8. The highest BCUT2D eigenvalue weighted by Gasteiger charge is 2.17. The Kier molecular flexibility index (Phi) is 5.78. The summed E-state index contributed by atoms with van der Waals surface area (Å²) in [6.07, 6.45) is 1.09. The van der Waals surface area contributed by atoms with Crippen molar-refractivity contribution in [3.05, 3.63) is 80.8 Å². The highest BCUT2D eigenvalue weighted by Crippen LogP contribution is 2.26. The summed E-state index contributed by atoms with van der Waals surface area (Å²) in [6.45, 7) is 1.95. The maximum atomic E-state index is 13.2. The molecule has 2 aromatic carbocycles. The summed E-state index contributed by atoms with van der Waals surface area (Å²) in [6, 6.07) is 14.5. The number of thioether (sulfide) groups is 1. The van der Waals surface area contributed by atoms with Crippen molar-refractivity contribution < 1.29 is 9.72 Å². The largest absolute Gasteiger partial charge is 0.345 e. The van der Waals surface area contributed by atoms with E-state index in [1.165, 1.54) is 4.57 Å². The Balaban J connectivity index is 1.63. The fourth-order valence-electron chi connectivity index (χ4n) is 2.82. The van der Waals surface area contributed by atoms with Crippen LogP contribution >= 0.6 is 23.1 Å². The molecule has 2 aromatic heterocycles. The molecule has 2 heterocycles. The summed E-state index contributed by atoms with van der Waals surface area (Å²) >= 11 is 1.87. The van der Waals surface area contributed by atoms with Gasteiger partial charge in [-0.2, -0.15) is 0 Å². The lowest BCUT2D eigenvalue weighted by Gasteiger charge is -2.13. The number of nitrogens with one attached hydrogen (secondary N) is 1. The van der Waals surface area contributed by atoms with E-state index in [4.69, 9.17) is 0 Å². The van der Waals surface area contributed by atoms with Gasteiger partial charge < -0.3 is 5.32 Å². The molecule has 9 nitrogen and oxygen atoms in total. The van der Waals surface area contributed by atoms with Gasteiger partial charge in [-0.05, 0) is 42.5 Å². The van der Waals surface area contributed by atoms with Gasteiger partial charge in [0, 0.05) is 0 Å².